The van der Waals surface area contributed by atoms with E-state index in [2.05, 4.69) is 5.32 Å². The molecule has 0 heterocycles. The molecular weight excluding hydrogens is 186 g/mol. The summed E-state index contributed by atoms with van der Waals surface area (Å²) < 4.78 is 0. The zero-order valence-electron chi connectivity index (χ0n) is 8.32. The van der Waals surface area contributed by atoms with Crippen molar-refractivity contribution in [2.24, 2.45) is 5.92 Å². The number of rotatable bonds is 8. The van der Waals surface area contributed by atoms with Gasteiger partial charge in [0, 0.05) is 0 Å². The number of aliphatic carboxylic acids is 2. The van der Waals surface area contributed by atoms with Gasteiger partial charge in [-0.25, -0.2) is 0 Å². The summed E-state index contributed by atoms with van der Waals surface area (Å²) in [5.41, 5.74) is 0. The van der Waals surface area contributed by atoms with Crippen LogP contribution in [0.5, 0.6) is 0 Å². The van der Waals surface area contributed by atoms with Gasteiger partial charge < -0.3 is 15.5 Å². The highest BCUT2D eigenvalue weighted by atomic mass is 16.4. The molecule has 0 saturated carbocycles. The second kappa shape index (κ2) is 7.32. The lowest BCUT2D eigenvalue weighted by atomic mass is 10.0. The van der Waals surface area contributed by atoms with Crippen LogP contribution in [0.1, 0.15) is 26.2 Å². The van der Waals surface area contributed by atoms with Gasteiger partial charge in [-0.3, -0.25) is 9.59 Å². The highest BCUT2D eigenvalue weighted by Crippen LogP contribution is 2.08. The third-order valence-corrected chi connectivity index (χ3v) is 1.94. The maximum absolute atomic E-state index is 10.5. The fourth-order valence-corrected chi connectivity index (χ4v) is 1.13. The fourth-order valence-electron chi connectivity index (χ4n) is 1.13. The van der Waals surface area contributed by atoms with Crippen molar-refractivity contribution < 1.29 is 19.8 Å². The number of hydrogen-bond donors (Lipinski definition) is 3. The van der Waals surface area contributed by atoms with Crippen LogP contribution in [-0.2, 0) is 9.59 Å². The summed E-state index contributed by atoms with van der Waals surface area (Å²) in [6.07, 6.45) is 1.64. The molecule has 14 heavy (non-hydrogen) atoms. The normalized spacial score (nSPS) is 10.4. The zero-order valence-corrected chi connectivity index (χ0v) is 8.32. The van der Waals surface area contributed by atoms with Crippen molar-refractivity contribution in [2.45, 2.75) is 26.2 Å². The molecule has 0 spiro atoms. The fraction of sp³-hybridized carbons (Fsp3) is 0.778. The van der Waals surface area contributed by atoms with E-state index in [1.165, 1.54) is 0 Å². The molecule has 0 fully saturated rings. The van der Waals surface area contributed by atoms with Crippen LogP contribution in [0.4, 0.5) is 0 Å². The van der Waals surface area contributed by atoms with Gasteiger partial charge in [0.25, 0.3) is 0 Å². The molecule has 5 heteroatoms. The predicted molar refractivity (Wildman–Crippen MR) is 51.2 cm³/mol. The standard InChI is InChI=1S/C9H17NO4/c1-2-10-6-4-3-5-7(8(11)12)9(13)14/h7,10H,2-6H2,1H3,(H,11,12)(H,13,14). The molecule has 0 aromatic carbocycles. The maximum Gasteiger partial charge on any atom is 0.317 e. The Balaban J connectivity index is 3.62. The van der Waals surface area contributed by atoms with Crippen molar-refractivity contribution >= 4 is 11.9 Å². The molecule has 0 aliphatic carbocycles. The average Bonchev–Trinajstić information content (AvgIpc) is 2.09. The molecule has 0 aromatic heterocycles. The molecule has 0 aromatic rings. The van der Waals surface area contributed by atoms with Gasteiger partial charge in [-0.15, -0.1) is 0 Å². The van der Waals surface area contributed by atoms with Crippen molar-refractivity contribution in [2.75, 3.05) is 13.1 Å². The summed E-state index contributed by atoms with van der Waals surface area (Å²) in [5.74, 6) is -3.75. The monoisotopic (exact) mass is 203 g/mol. The van der Waals surface area contributed by atoms with E-state index in [-0.39, 0.29) is 6.42 Å². The minimum absolute atomic E-state index is 0.204. The SMILES string of the molecule is CCNCCCCC(C(=O)O)C(=O)O. The average molecular weight is 203 g/mol. The minimum Gasteiger partial charge on any atom is -0.481 e. The molecule has 0 aliphatic heterocycles. The van der Waals surface area contributed by atoms with Crippen molar-refractivity contribution in [3.8, 4) is 0 Å². The largest absolute Gasteiger partial charge is 0.481 e. The van der Waals surface area contributed by atoms with Gasteiger partial charge in [0.05, 0.1) is 0 Å². The lowest BCUT2D eigenvalue weighted by Crippen LogP contribution is -2.23. The molecule has 3 N–H and O–H groups in total. The van der Waals surface area contributed by atoms with E-state index in [9.17, 15) is 9.59 Å². The summed E-state index contributed by atoms with van der Waals surface area (Å²) >= 11 is 0. The number of carboxylic acids is 2. The van der Waals surface area contributed by atoms with E-state index in [0.29, 0.717) is 6.42 Å². The number of hydrogen-bond acceptors (Lipinski definition) is 3. The van der Waals surface area contributed by atoms with Crippen LogP contribution in [0.2, 0.25) is 0 Å². The first-order chi connectivity index (χ1) is 6.59. The third-order valence-electron chi connectivity index (χ3n) is 1.94. The summed E-state index contributed by atoms with van der Waals surface area (Å²) in [6, 6.07) is 0. The van der Waals surface area contributed by atoms with Crippen molar-refractivity contribution in [3.63, 3.8) is 0 Å². The van der Waals surface area contributed by atoms with Crippen molar-refractivity contribution in [3.05, 3.63) is 0 Å². The molecule has 0 aliphatic rings. The van der Waals surface area contributed by atoms with Crippen LogP contribution in [0.15, 0.2) is 0 Å². The summed E-state index contributed by atoms with van der Waals surface area (Å²) in [5, 5.41) is 20.2. The van der Waals surface area contributed by atoms with Crippen LogP contribution in [0.25, 0.3) is 0 Å². The molecule has 0 atom stereocenters. The Labute approximate surface area is 83.1 Å². The lowest BCUT2D eigenvalue weighted by Gasteiger charge is -2.06. The van der Waals surface area contributed by atoms with E-state index in [1.807, 2.05) is 6.92 Å². The van der Waals surface area contributed by atoms with Crippen LogP contribution in [0, 0.1) is 5.92 Å². The van der Waals surface area contributed by atoms with Crippen LogP contribution in [-0.4, -0.2) is 35.2 Å². The molecule has 0 saturated heterocycles. The van der Waals surface area contributed by atoms with Crippen molar-refractivity contribution in [1.82, 2.24) is 5.32 Å². The highest BCUT2D eigenvalue weighted by molar-refractivity contribution is 5.92. The van der Waals surface area contributed by atoms with Gasteiger partial charge in [-0.05, 0) is 25.9 Å². The van der Waals surface area contributed by atoms with Crippen LogP contribution in [0.3, 0.4) is 0 Å². The van der Waals surface area contributed by atoms with E-state index in [4.69, 9.17) is 10.2 Å². The van der Waals surface area contributed by atoms with E-state index >= 15 is 0 Å². The molecule has 0 radical (unpaired) electrons. The minimum atomic E-state index is -1.25. The lowest BCUT2D eigenvalue weighted by molar-refractivity contribution is -0.154. The first kappa shape index (κ1) is 12.9. The highest BCUT2D eigenvalue weighted by Gasteiger charge is 2.24. The number of unbranched alkanes of at least 4 members (excludes halogenated alkanes) is 1. The molecule has 0 unspecified atom stereocenters. The first-order valence-corrected chi connectivity index (χ1v) is 4.76. The van der Waals surface area contributed by atoms with Gasteiger partial charge in [0.1, 0.15) is 0 Å². The maximum atomic E-state index is 10.5. The van der Waals surface area contributed by atoms with E-state index in [0.717, 1.165) is 19.5 Å². The third kappa shape index (κ3) is 5.53. The van der Waals surface area contributed by atoms with Gasteiger partial charge >= 0.3 is 11.9 Å². The Morgan fingerprint density at radius 3 is 2.21 bits per heavy atom. The quantitative estimate of drug-likeness (QED) is 0.396. The van der Waals surface area contributed by atoms with Crippen LogP contribution < -0.4 is 5.32 Å². The molecule has 5 nitrogen and oxygen atoms in total. The predicted octanol–water partition coefficient (Wildman–Crippen LogP) is 0.552. The molecule has 82 valence electrons. The summed E-state index contributed by atoms with van der Waals surface area (Å²) in [4.78, 5) is 20.9. The molecule has 0 bridgehead atoms. The van der Waals surface area contributed by atoms with Gasteiger partial charge in [-0.1, -0.05) is 13.3 Å². The Hall–Kier alpha value is -1.10. The van der Waals surface area contributed by atoms with Crippen LogP contribution >= 0.6 is 0 Å². The van der Waals surface area contributed by atoms with Gasteiger partial charge in [-0.2, -0.15) is 0 Å². The summed E-state index contributed by atoms with van der Waals surface area (Å²) in [6.45, 7) is 3.67. The van der Waals surface area contributed by atoms with E-state index in [1.54, 1.807) is 0 Å². The number of carbonyl (C=O) groups is 2. The van der Waals surface area contributed by atoms with E-state index < -0.39 is 17.9 Å². The van der Waals surface area contributed by atoms with Crippen molar-refractivity contribution in [1.29, 1.82) is 0 Å². The Morgan fingerprint density at radius 1 is 1.21 bits per heavy atom. The molecule has 0 amide bonds. The van der Waals surface area contributed by atoms with Gasteiger partial charge in [0.2, 0.25) is 0 Å². The Morgan fingerprint density at radius 2 is 1.79 bits per heavy atom. The summed E-state index contributed by atoms with van der Waals surface area (Å²) in [7, 11) is 0. The second-order valence-corrected chi connectivity index (χ2v) is 3.08. The Kier molecular flexibility index (Phi) is 6.74. The zero-order chi connectivity index (χ0) is 11.0. The van der Waals surface area contributed by atoms with Gasteiger partial charge in [0.15, 0.2) is 5.92 Å². The number of carboxylic acid groups (broad SMARTS) is 2. The topological polar surface area (TPSA) is 86.6 Å². The molecule has 0 rings (SSSR count). The first-order valence-electron chi connectivity index (χ1n) is 4.76. The number of nitrogens with one attached hydrogen (secondary N) is 1. The Bertz CT molecular complexity index is 179. The second-order valence-electron chi connectivity index (χ2n) is 3.08. The smallest absolute Gasteiger partial charge is 0.317 e. The molecular formula is C9H17NO4.